The van der Waals surface area contributed by atoms with Crippen molar-refractivity contribution in [1.82, 2.24) is 15.1 Å². The van der Waals surface area contributed by atoms with Gasteiger partial charge in [-0.3, -0.25) is 4.79 Å². The lowest BCUT2D eigenvalue weighted by molar-refractivity contribution is -0.128. The van der Waals surface area contributed by atoms with Crippen LogP contribution in [0.1, 0.15) is 43.9 Å². The maximum atomic E-state index is 13.1. The van der Waals surface area contributed by atoms with Crippen LogP contribution >= 0.6 is 11.8 Å². The summed E-state index contributed by atoms with van der Waals surface area (Å²) < 4.78 is 18.8. The van der Waals surface area contributed by atoms with Crippen molar-refractivity contribution >= 4 is 23.4 Å². The lowest BCUT2D eigenvalue weighted by Gasteiger charge is -2.36. The number of carbonyl (C=O) groups is 1. The Bertz CT molecular complexity index is 784. The first kappa shape index (κ1) is 19.2. The molecule has 2 fully saturated rings. The fraction of sp³-hybridized carbons (Fsp3) is 0.550. The molecule has 6 nitrogen and oxygen atoms in total. The Morgan fingerprint density at radius 1 is 1.07 bits per heavy atom. The maximum absolute atomic E-state index is 13.1. The number of nitrogens with zero attached hydrogens (tertiary/aromatic N) is 4. The van der Waals surface area contributed by atoms with E-state index in [0.29, 0.717) is 30.0 Å². The van der Waals surface area contributed by atoms with Crippen molar-refractivity contribution in [1.29, 1.82) is 0 Å². The van der Waals surface area contributed by atoms with Crippen molar-refractivity contribution in [2.45, 2.75) is 43.2 Å². The van der Waals surface area contributed by atoms with Crippen LogP contribution < -0.4 is 4.90 Å². The molecule has 0 bridgehead atoms. The molecule has 0 radical (unpaired) electrons. The Hall–Kier alpha value is -2.09. The van der Waals surface area contributed by atoms with E-state index < -0.39 is 0 Å². The Labute approximate surface area is 168 Å². The van der Waals surface area contributed by atoms with Gasteiger partial charge in [-0.1, -0.05) is 31.0 Å². The van der Waals surface area contributed by atoms with E-state index in [2.05, 4.69) is 15.1 Å². The molecular weight excluding hydrogens is 379 g/mol. The lowest BCUT2D eigenvalue weighted by Crippen LogP contribution is -2.49. The first-order valence-corrected chi connectivity index (χ1v) is 10.9. The number of hydrogen-bond acceptors (Lipinski definition) is 6. The molecule has 8 heteroatoms. The zero-order valence-electron chi connectivity index (χ0n) is 15.8. The molecule has 1 aromatic heterocycles. The van der Waals surface area contributed by atoms with Gasteiger partial charge in [-0.05, 0) is 37.1 Å². The largest absolute Gasteiger partial charge is 0.416 e. The number of anilines is 1. The highest BCUT2D eigenvalue weighted by Crippen LogP contribution is 2.33. The van der Waals surface area contributed by atoms with Gasteiger partial charge in [-0.25, -0.2) is 4.39 Å². The van der Waals surface area contributed by atoms with Gasteiger partial charge in [0, 0.05) is 37.8 Å². The molecule has 2 aliphatic rings. The van der Waals surface area contributed by atoms with Crippen LogP contribution in [0, 0.1) is 5.82 Å². The summed E-state index contributed by atoms with van der Waals surface area (Å²) in [6.07, 6.45) is 5.96. The van der Waals surface area contributed by atoms with Crippen LogP contribution in [0.4, 0.5) is 10.1 Å². The molecule has 2 heterocycles. The van der Waals surface area contributed by atoms with E-state index in [1.165, 1.54) is 43.2 Å². The molecular formula is C20H25FN4O2S. The Balaban J connectivity index is 1.23. The zero-order valence-corrected chi connectivity index (χ0v) is 16.7. The van der Waals surface area contributed by atoms with E-state index >= 15 is 0 Å². The maximum Gasteiger partial charge on any atom is 0.277 e. The number of carbonyl (C=O) groups excluding carboxylic acids is 1. The Kier molecular flexibility index (Phi) is 6.14. The van der Waals surface area contributed by atoms with Gasteiger partial charge in [0.15, 0.2) is 0 Å². The number of benzene rings is 1. The number of halogens is 1. The third-order valence-electron chi connectivity index (χ3n) is 5.52. The second-order valence-electron chi connectivity index (χ2n) is 7.37. The summed E-state index contributed by atoms with van der Waals surface area (Å²) in [5, 5.41) is 8.77. The lowest BCUT2D eigenvalue weighted by atomic mass is 9.89. The van der Waals surface area contributed by atoms with Crippen molar-refractivity contribution in [3.05, 3.63) is 36.0 Å². The molecule has 0 unspecified atom stereocenters. The highest BCUT2D eigenvalue weighted by Gasteiger charge is 2.24. The van der Waals surface area contributed by atoms with Crippen LogP contribution in [0.2, 0.25) is 0 Å². The smallest absolute Gasteiger partial charge is 0.277 e. The minimum atomic E-state index is -0.234. The van der Waals surface area contributed by atoms with Gasteiger partial charge in [0.05, 0.1) is 5.75 Å². The SMILES string of the molecule is O=C(CSc1nnc(C2CCCCC2)o1)N1CCN(c2ccc(F)cc2)CC1. The van der Waals surface area contributed by atoms with Crippen LogP contribution in [0.15, 0.2) is 33.9 Å². The van der Waals surface area contributed by atoms with Crippen LogP contribution in [0.25, 0.3) is 0 Å². The molecule has 1 aromatic carbocycles. The molecule has 1 saturated carbocycles. The average Bonchev–Trinajstić information content (AvgIpc) is 3.22. The second-order valence-corrected chi connectivity index (χ2v) is 8.30. The molecule has 0 N–H and O–H groups in total. The normalized spacial score (nSPS) is 18.5. The highest BCUT2D eigenvalue weighted by molar-refractivity contribution is 7.99. The average molecular weight is 405 g/mol. The first-order chi connectivity index (χ1) is 13.7. The predicted octanol–water partition coefficient (Wildman–Crippen LogP) is 3.70. The van der Waals surface area contributed by atoms with Crippen LogP contribution in [0.3, 0.4) is 0 Å². The monoisotopic (exact) mass is 404 g/mol. The summed E-state index contributed by atoms with van der Waals surface area (Å²) in [6.45, 7) is 2.81. The number of aromatic nitrogens is 2. The van der Waals surface area contributed by atoms with Gasteiger partial charge in [0.2, 0.25) is 11.8 Å². The van der Waals surface area contributed by atoms with Gasteiger partial charge in [0.25, 0.3) is 5.22 Å². The molecule has 150 valence electrons. The van der Waals surface area contributed by atoms with Gasteiger partial charge >= 0.3 is 0 Å². The minimum absolute atomic E-state index is 0.0844. The molecule has 0 spiro atoms. The summed E-state index contributed by atoms with van der Waals surface area (Å²) in [5.41, 5.74) is 0.990. The molecule has 1 aliphatic carbocycles. The van der Waals surface area contributed by atoms with E-state index in [1.807, 2.05) is 4.90 Å². The van der Waals surface area contributed by atoms with Gasteiger partial charge in [-0.2, -0.15) is 0 Å². The van der Waals surface area contributed by atoms with Crippen molar-refractivity contribution in [2.24, 2.45) is 0 Å². The highest BCUT2D eigenvalue weighted by atomic mass is 32.2. The molecule has 1 amide bonds. The summed E-state index contributed by atoms with van der Waals surface area (Å²) in [7, 11) is 0. The van der Waals surface area contributed by atoms with Crippen molar-refractivity contribution in [2.75, 3.05) is 36.8 Å². The molecule has 0 atom stereocenters. The third-order valence-corrected chi connectivity index (χ3v) is 6.32. The number of thioether (sulfide) groups is 1. The van der Waals surface area contributed by atoms with E-state index in [1.54, 1.807) is 12.1 Å². The van der Waals surface area contributed by atoms with E-state index in [0.717, 1.165) is 37.5 Å². The summed E-state index contributed by atoms with van der Waals surface area (Å²) >= 11 is 1.32. The number of hydrogen-bond donors (Lipinski definition) is 0. The van der Waals surface area contributed by atoms with Crippen LogP contribution in [-0.4, -0.2) is 52.9 Å². The van der Waals surface area contributed by atoms with E-state index in [9.17, 15) is 9.18 Å². The van der Waals surface area contributed by atoms with E-state index in [4.69, 9.17) is 4.42 Å². The first-order valence-electron chi connectivity index (χ1n) is 9.93. The predicted molar refractivity (Wildman–Crippen MR) is 106 cm³/mol. The molecule has 1 aliphatic heterocycles. The topological polar surface area (TPSA) is 62.5 Å². The fourth-order valence-electron chi connectivity index (χ4n) is 3.87. The molecule has 28 heavy (non-hydrogen) atoms. The minimum Gasteiger partial charge on any atom is -0.416 e. The van der Waals surface area contributed by atoms with Crippen molar-refractivity contribution in [3.63, 3.8) is 0 Å². The number of piperazine rings is 1. The zero-order chi connectivity index (χ0) is 19.3. The molecule has 4 rings (SSSR count). The molecule has 2 aromatic rings. The van der Waals surface area contributed by atoms with Crippen molar-refractivity contribution < 1.29 is 13.6 Å². The van der Waals surface area contributed by atoms with E-state index in [-0.39, 0.29) is 11.7 Å². The third kappa shape index (κ3) is 4.66. The van der Waals surface area contributed by atoms with Gasteiger partial charge in [-0.15, -0.1) is 10.2 Å². The summed E-state index contributed by atoms with van der Waals surface area (Å²) in [6, 6.07) is 6.50. The summed E-state index contributed by atoms with van der Waals surface area (Å²) in [4.78, 5) is 16.6. The molecule has 1 saturated heterocycles. The quantitative estimate of drug-likeness (QED) is 0.708. The van der Waals surface area contributed by atoms with Crippen molar-refractivity contribution in [3.8, 4) is 0 Å². The van der Waals surface area contributed by atoms with Gasteiger partial charge < -0.3 is 14.2 Å². The standard InChI is InChI=1S/C20H25FN4O2S/c21-16-6-8-17(9-7-16)24-10-12-25(13-11-24)18(26)14-28-20-23-22-19(27-20)15-4-2-1-3-5-15/h6-9,15H,1-5,10-14H2. The fourth-order valence-corrected chi connectivity index (χ4v) is 4.55. The Morgan fingerprint density at radius 3 is 2.50 bits per heavy atom. The van der Waals surface area contributed by atoms with Gasteiger partial charge in [0.1, 0.15) is 5.82 Å². The van der Waals surface area contributed by atoms with Crippen LogP contribution in [-0.2, 0) is 4.79 Å². The number of amides is 1. The van der Waals surface area contributed by atoms with Crippen LogP contribution in [0.5, 0.6) is 0 Å². The number of rotatable bonds is 5. The second kappa shape index (κ2) is 8.94. The Morgan fingerprint density at radius 2 is 1.79 bits per heavy atom. The summed E-state index contributed by atoms with van der Waals surface area (Å²) in [5.74, 6) is 1.26.